The third-order valence-corrected chi connectivity index (χ3v) is 5.67. The maximum atomic E-state index is 4.72. The van der Waals surface area contributed by atoms with Crippen LogP contribution in [0.4, 0.5) is 0 Å². The van der Waals surface area contributed by atoms with Crippen LogP contribution in [-0.4, -0.2) is 13.1 Å². The number of hydrogen-bond donors (Lipinski definition) is 0. The largest absolute Gasteiger partial charge is 0.256 e. The lowest BCUT2D eigenvalue weighted by atomic mass is 10.0. The van der Waals surface area contributed by atoms with E-state index in [1.54, 1.807) is 0 Å². The minimum Gasteiger partial charge on any atom is -0.256 e. The maximum Gasteiger partial charge on any atom is 0.0799 e. The van der Waals surface area contributed by atoms with Gasteiger partial charge in [-0.15, -0.1) is 0 Å². The summed E-state index contributed by atoms with van der Waals surface area (Å²) in [5.41, 5.74) is 5.11. The van der Waals surface area contributed by atoms with E-state index in [1.165, 1.54) is 21.9 Å². The van der Waals surface area contributed by atoms with Crippen molar-refractivity contribution >= 4 is 13.3 Å². The zero-order chi connectivity index (χ0) is 14.0. The van der Waals surface area contributed by atoms with Crippen molar-refractivity contribution in [2.24, 2.45) is 0 Å². The molecule has 0 bridgehead atoms. The van der Waals surface area contributed by atoms with E-state index in [9.17, 15) is 0 Å². The van der Waals surface area contributed by atoms with Crippen molar-refractivity contribution in [2.75, 3.05) is 0 Å². The van der Waals surface area contributed by atoms with E-state index in [1.807, 2.05) is 0 Å². The van der Waals surface area contributed by atoms with Gasteiger partial charge in [-0.1, -0.05) is 50.8 Å². The van der Waals surface area contributed by atoms with Crippen LogP contribution < -0.4 is 5.19 Å². The van der Waals surface area contributed by atoms with Crippen molar-refractivity contribution in [3.63, 3.8) is 0 Å². The van der Waals surface area contributed by atoms with Crippen LogP contribution in [0.1, 0.15) is 18.1 Å². The molecule has 0 radical (unpaired) electrons. The molecule has 100 valence electrons. The number of nitrogens with zero attached hydrogens (tertiary/aromatic N) is 1. The highest BCUT2D eigenvalue weighted by Crippen LogP contribution is 2.22. The molecule has 0 fully saturated rings. The lowest BCUT2D eigenvalue weighted by molar-refractivity contribution is 1.13. The van der Waals surface area contributed by atoms with Crippen molar-refractivity contribution in [1.29, 1.82) is 0 Å². The average molecular weight is 269 g/mol. The highest BCUT2D eigenvalue weighted by Gasteiger charge is 2.20. The summed E-state index contributed by atoms with van der Waals surface area (Å²) in [6.07, 6.45) is 3.20. The first-order valence-electron chi connectivity index (χ1n) is 6.99. The van der Waals surface area contributed by atoms with E-state index in [4.69, 9.17) is 4.98 Å². The molecule has 1 aromatic heterocycles. The van der Waals surface area contributed by atoms with Gasteiger partial charge >= 0.3 is 0 Å². The molecule has 0 atom stereocenters. The topological polar surface area (TPSA) is 12.9 Å². The second-order valence-corrected chi connectivity index (χ2v) is 11.2. The van der Waals surface area contributed by atoms with Crippen LogP contribution in [0.2, 0.25) is 19.6 Å². The molecular formula is C17H23NSi. The smallest absolute Gasteiger partial charge is 0.0799 e. The van der Waals surface area contributed by atoms with Gasteiger partial charge < -0.3 is 0 Å². The standard InChI is InChI=1S/C17H23NSi/c1-6-14-11-16(15-10-8-7-9-13(15)2)18-12-17(14)19(3,4)5/h7-12H,6H2,1-5H3. The quantitative estimate of drug-likeness (QED) is 0.762. The third-order valence-electron chi connectivity index (χ3n) is 3.60. The summed E-state index contributed by atoms with van der Waals surface area (Å²) in [6, 6.07) is 10.8. The molecule has 1 aromatic carbocycles. The van der Waals surface area contributed by atoms with Crippen molar-refractivity contribution in [3.05, 3.63) is 47.7 Å². The predicted molar refractivity (Wildman–Crippen MR) is 86.8 cm³/mol. The van der Waals surface area contributed by atoms with Gasteiger partial charge in [0.15, 0.2) is 0 Å². The van der Waals surface area contributed by atoms with Gasteiger partial charge in [-0.05, 0) is 35.7 Å². The Kier molecular flexibility index (Phi) is 3.90. The Morgan fingerprint density at radius 3 is 2.37 bits per heavy atom. The molecule has 0 N–H and O–H groups in total. The Bertz CT molecular complexity index is 582. The molecular weight excluding hydrogens is 246 g/mol. The first-order valence-corrected chi connectivity index (χ1v) is 10.5. The summed E-state index contributed by atoms with van der Waals surface area (Å²) in [5.74, 6) is 0. The minimum absolute atomic E-state index is 1.08. The lowest BCUT2D eigenvalue weighted by Gasteiger charge is -2.21. The third kappa shape index (κ3) is 2.95. The zero-order valence-electron chi connectivity index (χ0n) is 12.6. The molecule has 0 aliphatic heterocycles. The second kappa shape index (κ2) is 5.30. The Hall–Kier alpha value is -1.41. The molecule has 1 heterocycles. The second-order valence-electron chi connectivity index (χ2n) is 6.15. The average Bonchev–Trinajstić information content (AvgIpc) is 2.37. The summed E-state index contributed by atoms with van der Waals surface area (Å²) in [5, 5.41) is 1.49. The van der Waals surface area contributed by atoms with Crippen LogP contribution in [-0.2, 0) is 6.42 Å². The SMILES string of the molecule is CCc1cc(-c2ccccc2C)ncc1[Si](C)(C)C. The molecule has 2 rings (SSSR count). The number of aryl methyl sites for hydroxylation is 2. The summed E-state index contributed by atoms with van der Waals surface area (Å²) in [6.45, 7) is 11.5. The van der Waals surface area contributed by atoms with Gasteiger partial charge in [0.05, 0.1) is 13.8 Å². The minimum atomic E-state index is -1.30. The van der Waals surface area contributed by atoms with Crippen LogP contribution in [0.3, 0.4) is 0 Å². The monoisotopic (exact) mass is 269 g/mol. The number of rotatable bonds is 3. The summed E-state index contributed by atoms with van der Waals surface area (Å²) in [4.78, 5) is 4.72. The normalized spacial score (nSPS) is 11.6. The Labute approximate surface area is 117 Å². The van der Waals surface area contributed by atoms with Gasteiger partial charge in [-0.2, -0.15) is 0 Å². The van der Waals surface area contributed by atoms with Crippen molar-refractivity contribution in [1.82, 2.24) is 4.98 Å². The van der Waals surface area contributed by atoms with Gasteiger partial charge in [0, 0.05) is 11.8 Å². The fourth-order valence-electron chi connectivity index (χ4n) is 2.47. The Balaban J connectivity index is 2.55. The number of hydrogen-bond acceptors (Lipinski definition) is 1. The van der Waals surface area contributed by atoms with E-state index in [0.717, 1.165) is 12.1 Å². The molecule has 1 nitrogen and oxygen atoms in total. The fourth-order valence-corrected chi connectivity index (χ4v) is 4.14. The molecule has 0 unspecified atom stereocenters. The van der Waals surface area contributed by atoms with Gasteiger partial charge in [0.1, 0.15) is 0 Å². The van der Waals surface area contributed by atoms with Crippen molar-refractivity contribution in [2.45, 2.75) is 39.9 Å². The molecule has 0 spiro atoms. The molecule has 2 aromatic rings. The summed E-state index contributed by atoms with van der Waals surface area (Å²) in [7, 11) is -1.30. The molecule has 0 amide bonds. The highest BCUT2D eigenvalue weighted by molar-refractivity contribution is 6.89. The van der Waals surface area contributed by atoms with Gasteiger partial charge in [-0.25, -0.2) is 0 Å². The first kappa shape index (κ1) is 14.0. The Morgan fingerprint density at radius 2 is 1.79 bits per heavy atom. The fraction of sp³-hybridized carbons (Fsp3) is 0.353. The summed E-state index contributed by atoms with van der Waals surface area (Å²) >= 11 is 0. The van der Waals surface area contributed by atoms with Gasteiger partial charge in [0.2, 0.25) is 0 Å². The predicted octanol–water partition coefficient (Wildman–Crippen LogP) is 4.16. The molecule has 0 saturated heterocycles. The number of aromatic nitrogens is 1. The molecule has 0 aliphatic carbocycles. The van der Waals surface area contributed by atoms with Crippen molar-refractivity contribution in [3.8, 4) is 11.3 Å². The lowest BCUT2D eigenvalue weighted by Crippen LogP contribution is -2.40. The van der Waals surface area contributed by atoms with Gasteiger partial charge in [-0.3, -0.25) is 4.98 Å². The molecule has 2 heteroatoms. The van der Waals surface area contributed by atoms with Crippen LogP contribution in [0, 0.1) is 6.92 Å². The molecule has 0 aliphatic rings. The maximum absolute atomic E-state index is 4.72. The zero-order valence-corrected chi connectivity index (χ0v) is 13.6. The van der Waals surface area contributed by atoms with E-state index in [-0.39, 0.29) is 0 Å². The van der Waals surface area contributed by atoms with Crippen LogP contribution in [0.25, 0.3) is 11.3 Å². The molecule has 19 heavy (non-hydrogen) atoms. The van der Waals surface area contributed by atoms with Crippen LogP contribution in [0.15, 0.2) is 36.5 Å². The van der Waals surface area contributed by atoms with Crippen molar-refractivity contribution < 1.29 is 0 Å². The van der Waals surface area contributed by atoms with Crippen LogP contribution in [0.5, 0.6) is 0 Å². The first-order chi connectivity index (χ1) is 8.93. The van der Waals surface area contributed by atoms with Gasteiger partial charge in [0.25, 0.3) is 0 Å². The van der Waals surface area contributed by atoms with E-state index >= 15 is 0 Å². The number of benzene rings is 1. The summed E-state index contributed by atoms with van der Waals surface area (Å²) < 4.78 is 0. The number of pyridine rings is 1. The highest BCUT2D eigenvalue weighted by atomic mass is 28.3. The van der Waals surface area contributed by atoms with E-state index < -0.39 is 8.07 Å². The van der Waals surface area contributed by atoms with Crippen LogP contribution >= 0.6 is 0 Å². The van der Waals surface area contributed by atoms with E-state index in [0.29, 0.717) is 0 Å². The van der Waals surface area contributed by atoms with E-state index in [2.05, 4.69) is 70.0 Å². The Morgan fingerprint density at radius 1 is 1.11 bits per heavy atom. The molecule has 0 saturated carbocycles.